The van der Waals surface area contributed by atoms with Crippen LogP contribution in [-0.2, 0) is 0 Å². The van der Waals surface area contributed by atoms with Gasteiger partial charge in [0.1, 0.15) is 11.4 Å². The SMILES string of the molecule is COc1ccc(C)cc1Nc1c(-c2ccc(C(C)C)cc2)c(=O)c1=O. The first kappa shape index (κ1) is 17.0. The summed E-state index contributed by atoms with van der Waals surface area (Å²) in [4.78, 5) is 24.2. The third kappa shape index (κ3) is 3.07. The highest BCUT2D eigenvalue weighted by atomic mass is 16.5. The molecule has 3 aromatic carbocycles. The summed E-state index contributed by atoms with van der Waals surface area (Å²) in [5.74, 6) is 1.04. The molecule has 25 heavy (non-hydrogen) atoms. The van der Waals surface area contributed by atoms with Crippen LogP contribution >= 0.6 is 0 Å². The van der Waals surface area contributed by atoms with Gasteiger partial charge in [-0.1, -0.05) is 44.2 Å². The number of benzene rings is 2. The summed E-state index contributed by atoms with van der Waals surface area (Å²) in [5.41, 5.74) is 3.47. The Morgan fingerprint density at radius 2 is 1.64 bits per heavy atom. The van der Waals surface area contributed by atoms with Crippen LogP contribution in [0.15, 0.2) is 52.1 Å². The van der Waals surface area contributed by atoms with Gasteiger partial charge in [-0.25, -0.2) is 0 Å². The van der Waals surface area contributed by atoms with Gasteiger partial charge in [0.2, 0.25) is 5.43 Å². The molecule has 3 rings (SSSR count). The van der Waals surface area contributed by atoms with Gasteiger partial charge in [0.05, 0.1) is 18.4 Å². The Balaban J connectivity index is 2.00. The molecule has 0 aromatic heterocycles. The van der Waals surface area contributed by atoms with Crippen molar-refractivity contribution in [1.82, 2.24) is 0 Å². The summed E-state index contributed by atoms with van der Waals surface area (Å²) >= 11 is 0. The Labute approximate surface area is 146 Å². The highest BCUT2D eigenvalue weighted by Gasteiger charge is 2.23. The molecule has 0 unspecified atom stereocenters. The van der Waals surface area contributed by atoms with Crippen molar-refractivity contribution < 1.29 is 4.74 Å². The fraction of sp³-hybridized carbons (Fsp3) is 0.238. The van der Waals surface area contributed by atoms with Gasteiger partial charge in [0.25, 0.3) is 5.43 Å². The molecule has 0 heterocycles. The lowest BCUT2D eigenvalue weighted by molar-refractivity contribution is 0.416. The van der Waals surface area contributed by atoms with E-state index in [0.717, 1.165) is 11.1 Å². The summed E-state index contributed by atoms with van der Waals surface area (Å²) in [6.07, 6.45) is 0. The van der Waals surface area contributed by atoms with Crippen LogP contribution in [0.2, 0.25) is 0 Å². The maximum atomic E-state index is 12.1. The van der Waals surface area contributed by atoms with Gasteiger partial charge in [0.15, 0.2) is 0 Å². The topological polar surface area (TPSA) is 55.4 Å². The zero-order valence-corrected chi connectivity index (χ0v) is 14.8. The van der Waals surface area contributed by atoms with Crippen molar-refractivity contribution in [2.45, 2.75) is 26.7 Å². The standard InChI is InChI=1S/C21H21NO3/c1-12(2)14-6-8-15(9-7-14)18-19(21(24)20(18)23)22-16-11-13(3)5-10-17(16)25-4/h5-12,22H,1-4H3. The molecule has 0 aliphatic carbocycles. The molecular weight excluding hydrogens is 314 g/mol. The molecule has 0 amide bonds. The van der Waals surface area contributed by atoms with E-state index < -0.39 is 10.9 Å². The molecule has 128 valence electrons. The zero-order chi connectivity index (χ0) is 18.1. The van der Waals surface area contributed by atoms with Gasteiger partial charge in [-0.3, -0.25) is 9.59 Å². The average Bonchev–Trinajstić information content (AvgIpc) is 2.61. The van der Waals surface area contributed by atoms with Crippen molar-refractivity contribution in [2.24, 2.45) is 0 Å². The van der Waals surface area contributed by atoms with Crippen LogP contribution in [0.1, 0.15) is 30.9 Å². The highest BCUT2D eigenvalue weighted by Crippen LogP contribution is 2.32. The van der Waals surface area contributed by atoms with E-state index in [2.05, 4.69) is 19.2 Å². The van der Waals surface area contributed by atoms with E-state index in [1.807, 2.05) is 49.4 Å². The van der Waals surface area contributed by atoms with Crippen LogP contribution in [0.5, 0.6) is 5.75 Å². The Kier molecular flexibility index (Phi) is 4.45. The van der Waals surface area contributed by atoms with E-state index in [1.165, 1.54) is 5.56 Å². The van der Waals surface area contributed by atoms with E-state index >= 15 is 0 Å². The van der Waals surface area contributed by atoms with E-state index in [-0.39, 0.29) is 0 Å². The van der Waals surface area contributed by atoms with E-state index in [0.29, 0.717) is 28.6 Å². The minimum Gasteiger partial charge on any atom is -0.495 e. The first-order chi connectivity index (χ1) is 11.9. The smallest absolute Gasteiger partial charge is 0.250 e. The molecule has 4 heteroatoms. The second-order valence-corrected chi connectivity index (χ2v) is 6.51. The summed E-state index contributed by atoms with van der Waals surface area (Å²) in [6.45, 7) is 6.19. The number of hydrogen-bond donors (Lipinski definition) is 1. The fourth-order valence-electron chi connectivity index (χ4n) is 2.88. The van der Waals surface area contributed by atoms with Gasteiger partial charge in [-0.05, 0) is 41.7 Å². The number of methoxy groups -OCH3 is 1. The molecule has 0 bridgehead atoms. The van der Waals surface area contributed by atoms with Gasteiger partial charge in [0, 0.05) is 0 Å². The van der Waals surface area contributed by atoms with Crippen LogP contribution in [0.25, 0.3) is 11.1 Å². The van der Waals surface area contributed by atoms with Crippen molar-refractivity contribution >= 4 is 11.4 Å². The fourth-order valence-corrected chi connectivity index (χ4v) is 2.88. The first-order valence-electron chi connectivity index (χ1n) is 8.27. The zero-order valence-electron chi connectivity index (χ0n) is 14.8. The summed E-state index contributed by atoms with van der Waals surface area (Å²) in [7, 11) is 1.57. The number of anilines is 2. The van der Waals surface area contributed by atoms with Crippen LogP contribution in [0.4, 0.5) is 11.4 Å². The Bertz CT molecular complexity index is 978. The molecule has 0 atom stereocenters. The summed E-state index contributed by atoms with van der Waals surface area (Å²) in [5, 5.41) is 3.09. The molecule has 4 nitrogen and oxygen atoms in total. The van der Waals surface area contributed by atoms with Crippen LogP contribution < -0.4 is 20.9 Å². The lowest BCUT2D eigenvalue weighted by Crippen LogP contribution is -2.35. The second kappa shape index (κ2) is 6.55. The number of nitrogens with one attached hydrogen (secondary N) is 1. The molecule has 0 fully saturated rings. The van der Waals surface area contributed by atoms with Crippen molar-refractivity contribution in [1.29, 1.82) is 0 Å². The van der Waals surface area contributed by atoms with Crippen LogP contribution in [0, 0.1) is 6.92 Å². The molecule has 0 saturated heterocycles. The van der Waals surface area contributed by atoms with E-state index in [9.17, 15) is 9.59 Å². The third-order valence-corrected chi connectivity index (χ3v) is 4.39. The molecule has 1 N–H and O–H groups in total. The lowest BCUT2D eigenvalue weighted by atomic mass is 9.95. The largest absolute Gasteiger partial charge is 0.495 e. The van der Waals surface area contributed by atoms with Crippen molar-refractivity contribution in [2.75, 3.05) is 12.4 Å². The summed E-state index contributed by atoms with van der Waals surface area (Å²) in [6, 6.07) is 13.4. The number of aryl methyl sites for hydroxylation is 1. The monoisotopic (exact) mass is 335 g/mol. The van der Waals surface area contributed by atoms with Crippen LogP contribution in [-0.4, -0.2) is 7.11 Å². The van der Waals surface area contributed by atoms with E-state index in [1.54, 1.807) is 7.11 Å². The highest BCUT2D eigenvalue weighted by molar-refractivity contribution is 5.85. The maximum Gasteiger partial charge on any atom is 0.250 e. The van der Waals surface area contributed by atoms with Crippen molar-refractivity contribution in [3.05, 3.63) is 74.0 Å². The maximum absolute atomic E-state index is 12.1. The molecule has 0 saturated carbocycles. The molecule has 0 aliphatic rings. The number of ether oxygens (including phenoxy) is 1. The Morgan fingerprint density at radius 1 is 0.960 bits per heavy atom. The van der Waals surface area contributed by atoms with Crippen LogP contribution in [0.3, 0.4) is 0 Å². The van der Waals surface area contributed by atoms with Crippen molar-refractivity contribution in [3.63, 3.8) is 0 Å². The van der Waals surface area contributed by atoms with Gasteiger partial charge in [-0.15, -0.1) is 0 Å². The van der Waals surface area contributed by atoms with Gasteiger partial charge in [-0.2, -0.15) is 0 Å². The molecule has 3 aromatic rings. The Hall–Kier alpha value is -2.88. The predicted octanol–water partition coefficient (Wildman–Crippen LogP) is 4.13. The summed E-state index contributed by atoms with van der Waals surface area (Å²) < 4.78 is 5.33. The molecule has 0 spiro atoms. The van der Waals surface area contributed by atoms with Crippen molar-refractivity contribution in [3.8, 4) is 16.9 Å². The Morgan fingerprint density at radius 3 is 2.24 bits per heavy atom. The average molecular weight is 335 g/mol. The molecular formula is C21H21NO3. The number of hydrogen-bond acceptors (Lipinski definition) is 4. The van der Waals surface area contributed by atoms with E-state index in [4.69, 9.17) is 4.74 Å². The predicted molar refractivity (Wildman–Crippen MR) is 102 cm³/mol. The molecule has 0 aliphatic heterocycles. The number of rotatable bonds is 5. The quantitative estimate of drug-likeness (QED) is 0.712. The minimum atomic E-state index is -0.494. The second-order valence-electron chi connectivity index (χ2n) is 6.51. The third-order valence-electron chi connectivity index (χ3n) is 4.39. The normalized spacial score (nSPS) is 11.1. The minimum absolute atomic E-state index is 0.325. The van der Waals surface area contributed by atoms with Gasteiger partial charge < -0.3 is 10.1 Å². The molecule has 0 radical (unpaired) electrons. The van der Waals surface area contributed by atoms with Gasteiger partial charge >= 0.3 is 0 Å². The first-order valence-corrected chi connectivity index (χ1v) is 8.27. The lowest BCUT2D eigenvalue weighted by Gasteiger charge is -2.16.